The van der Waals surface area contributed by atoms with Crippen molar-refractivity contribution in [2.24, 2.45) is 35.5 Å². The number of hydrogen-bond acceptors (Lipinski definition) is 0. The van der Waals surface area contributed by atoms with E-state index in [1.54, 1.807) is 0 Å². The fourth-order valence-corrected chi connectivity index (χ4v) is 4.00. The van der Waals surface area contributed by atoms with Crippen molar-refractivity contribution in [2.75, 3.05) is 0 Å². The molecule has 0 heteroatoms. The Morgan fingerprint density at radius 1 is 0.571 bits per heavy atom. The maximum absolute atomic E-state index is 2.48. The van der Waals surface area contributed by atoms with E-state index >= 15 is 0 Å². The third-order valence-corrected chi connectivity index (χ3v) is 5.30. The molecule has 0 aromatic rings. The number of hydrogen-bond donors (Lipinski definition) is 0. The summed E-state index contributed by atoms with van der Waals surface area (Å²) in [6.07, 6.45) is 2.74. The maximum Gasteiger partial charge on any atom is -0.0360 e. The van der Waals surface area contributed by atoms with Crippen molar-refractivity contribution >= 4 is 0 Å². The smallest absolute Gasteiger partial charge is 0.0360 e. The van der Waals surface area contributed by atoms with Gasteiger partial charge in [0.25, 0.3) is 0 Å². The summed E-state index contributed by atoms with van der Waals surface area (Å²) >= 11 is 0. The van der Waals surface area contributed by atoms with Gasteiger partial charge < -0.3 is 0 Å². The van der Waals surface area contributed by atoms with Gasteiger partial charge in [-0.05, 0) is 35.5 Å². The molecule has 0 nitrogen and oxygen atoms in total. The van der Waals surface area contributed by atoms with E-state index in [0.717, 1.165) is 35.5 Å². The van der Waals surface area contributed by atoms with Crippen LogP contribution in [0.1, 0.15) is 54.4 Å². The van der Waals surface area contributed by atoms with Gasteiger partial charge in [-0.25, -0.2) is 0 Å². The molecule has 0 amide bonds. The molecule has 1 rings (SSSR count). The maximum atomic E-state index is 2.48. The van der Waals surface area contributed by atoms with E-state index in [1.165, 1.54) is 12.8 Å². The van der Waals surface area contributed by atoms with Gasteiger partial charge in [-0.2, -0.15) is 0 Å². The largest absolute Gasteiger partial charge is 0.0651 e. The Morgan fingerprint density at radius 3 is 0.929 bits per heavy atom. The lowest BCUT2D eigenvalue weighted by atomic mass is 9.57. The molecule has 0 radical (unpaired) electrons. The second-order valence-electron chi connectivity index (χ2n) is 5.58. The van der Waals surface area contributed by atoms with Crippen LogP contribution in [-0.4, -0.2) is 0 Å². The monoisotopic (exact) mass is 196 g/mol. The highest BCUT2D eigenvalue weighted by Crippen LogP contribution is 2.47. The minimum atomic E-state index is 0.927. The molecule has 1 fully saturated rings. The van der Waals surface area contributed by atoms with Gasteiger partial charge in [0.15, 0.2) is 0 Å². The zero-order chi connectivity index (χ0) is 10.9. The van der Waals surface area contributed by atoms with Crippen LogP contribution in [-0.2, 0) is 0 Å². The Bertz CT molecular complexity index is 137. The molecule has 1 saturated carbocycles. The fraction of sp³-hybridized carbons (Fsp3) is 1.00. The third-order valence-electron chi connectivity index (χ3n) is 5.30. The highest BCUT2D eigenvalue weighted by molar-refractivity contribution is 4.89. The summed E-state index contributed by atoms with van der Waals surface area (Å²) in [7, 11) is 0. The van der Waals surface area contributed by atoms with E-state index in [1.807, 2.05) is 0 Å². The summed E-state index contributed by atoms with van der Waals surface area (Å²) in [5, 5.41) is 0. The Labute approximate surface area is 90.5 Å². The summed E-state index contributed by atoms with van der Waals surface area (Å²) in [6.45, 7) is 14.6. The standard InChI is InChI=1S/C14H28/c1-7-13-9(3)11(5)14(8-2)12(6)10(13)4/h9-14H,7-8H2,1-6H3. The lowest BCUT2D eigenvalue weighted by Gasteiger charge is -2.48. The van der Waals surface area contributed by atoms with Crippen LogP contribution in [0, 0.1) is 35.5 Å². The third kappa shape index (κ3) is 1.85. The summed E-state index contributed by atoms with van der Waals surface area (Å²) in [4.78, 5) is 0. The zero-order valence-corrected chi connectivity index (χ0v) is 10.9. The Morgan fingerprint density at radius 2 is 0.786 bits per heavy atom. The van der Waals surface area contributed by atoms with Crippen molar-refractivity contribution in [1.29, 1.82) is 0 Å². The molecule has 14 heavy (non-hydrogen) atoms. The average molecular weight is 196 g/mol. The minimum Gasteiger partial charge on any atom is -0.0651 e. The predicted molar refractivity (Wildman–Crippen MR) is 64.2 cm³/mol. The van der Waals surface area contributed by atoms with Crippen molar-refractivity contribution < 1.29 is 0 Å². The van der Waals surface area contributed by atoms with Crippen LogP contribution in [0.4, 0.5) is 0 Å². The second-order valence-corrected chi connectivity index (χ2v) is 5.58. The van der Waals surface area contributed by atoms with Crippen molar-refractivity contribution in [3.05, 3.63) is 0 Å². The van der Waals surface area contributed by atoms with Crippen molar-refractivity contribution in [1.82, 2.24) is 0 Å². The molecule has 84 valence electrons. The van der Waals surface area contributed by atoms with E-state index in [2.05, 4.69) is 41.5 Å². The number of rotatable bonds is 2. The lowest BCUT2D eigenvalue weighted by Crippen LogP contribution is -2.41. The van der Waals surface area contributed by atoms with Crippen molar-refractivity contribution in [3.8, 4) is 0 Å². The van der Waals surface area contributed by atoms with E-state index < -0.39 is 0 Å². The predicted octanol–water partition coefficient (Wildman–Crippen LogP) is 4.60. The summed E-state index contributed by atoms with van der Waals surface area (Å²) < 4.78 is 0. The van der Waals surface area contributed by atoms with Gasteiger partial charge in [0.05, 0.1) is 0 Å². The van der Waals surface area contributed by atoms with Crippen LogP contribution in [0.15, 0.2) is 0 Å². The summed E-state index contributed by atoms with van der Waals surface area (Å²) in [5.41, 5.74) is 0. The molecule has 0 aromatic heterocycles. The van der Waals surface area contributed by atoms with E-state index in [4.69, 9.17) is 0 Å². The molecule has 0 saturated heterocycles. The lowest BCUT2D eigenvalue weighted by molar-refractivity contribution is 0.00792. The fourth-order valence-electron chi connectivity index (χ4n) is 4.00. The minimum absolute atomic E-state index is 0.927. The molecule has 1 aliphatic carbocycles. The topological polar surface area (TPSA) is 0 Å². The second kappa shape index (κ2) is 4.68. The van der Waals surface area contributed by atoms with Crippen LogP contribution in [0.5, 0.6) is 0 Å². The Balaban J connectivity index is 2.81. The van der Waals surface area contributed by atoms with Crippen LogP contribution < -0.4 is 0 Å². The van der Waals surface area contributed by atoms with E-state index in [9.17, 15) is 0 Å². The molecular weight excluding hydrogens is 168 g/mol. The normalized spacial score (nSPS) is 49.3. The van der Waals surface area contributed by atoms with Gasteiger partial charge in [0.2, 0.25) is 0 Å². The van der Waals surface area contributed by atoms with Gasteiger partial charge in [-0.15, -0.1) is 0 Å². The average Bonchev–Trinajstić information content (AvgIpc) is 2.17. The quantitative estimate of drug-likeness (QED) is 0.605. The van der Waals surface area contributed by atoms with Gasteiger partial charge in [-0.3, -0.25) is 0 Å². The molecule has 0 heterocycles. The first-order valence-electron chi connectivity index (χ1n) is 6.54. The van der Waals surface area contributed by atoms with Crippen molar-refractivity contribution in [2.45, 2.75) is 54.4 Å². The first-order chi connectivity index (χ1) is 6.54. The van der Waals surface area contributed by atoms with E-state index in [-0.39, 0.29) is 0 Å². The van der Waals surface area contributed by atoms with Crippen molar-refractivity contribution in [3.63, 3.8) is 0 Å². The van der Waals surface area contributed by atoms with Gasteiger partial charge in [0, 0.05) is 0 Å². The molecule has 4 unspecified atom stereocenters. The Kier molecular flexibility index (Phi) is 4.04. The molecule has 0 aliphatic heterocycles. The zero-order valence-electron chi connectivity index (χ0n) is 10.9. The molecule has 4 atom stereocenters. The van der Waals surface area contributed by atoms with Crippen LogP contribution in [0.3, 0.4) is 0 Å². The van der Waals surface area contributed by atoms with E-state index in [0.29, 0.717) is 0 Å². The first kappa shape index (κ1) is 12.1. The summed E-state index contributed by atoms with van der Waals surface area (Å²) in [6, 6.07) is 0. The molecule has 0 bridgehead atoms. The molecule has 1 aliphatic rings. The SMILES string of the molecule is CCC1C(C)C(C)C(CC)C(C)C1C. The van der Waals surface area contributed by atoms with Crippen LogP contribution in [0.2, 0.25) is 0 Å². The molecule has 0 N–H and O–H groups in total. The molecule has 0 aromatic carbocycles. The van der Waals surface area contributed by atoms with Crippen LogP contribution in [0.25, 0.3) is 0 Å². The Hall–Kier alpha value is 0. The molecular formula is C14H28. The first-order valence-corrected chi connectivity index (χ1v) is 6.54. The van der Waals surface area contributed by atoms with Gasteiger partial charge >= 0.3 is 0 Å². The highest BCUT2D eigenvalue weighted by atomic mass is 14.5. The van der Waals surface area contributed by atoms with Gasteiger partial charge in [-0.1, -0.05) is 54.4 Å². The van der Waals surface area contributed by atoms with Crippen LogP contribution >= 0.6 is 0 Å². The highest BCUT2D eigenvalue weighted by Gasteiger charge is 2.40. The molecule has 0 spiro atoms. The summed E-state index contributed by atoms with van der Waals surface area (Å²) in [5.74, 6) is 5.63. The van der Waals surface area contributed by atoms with Gasteiger partial charge in [0.1, 0.15) is 0 Å².